The molecule has 1 unspecified atom stereocenters. The number of nitrogens with zero attached hydrogens (tertiary/aromatic N) is 5. The van der Waals surface area contributed by atoms with Gasteiger partial charge in [-0.05, 0) is 25.1 Å². The number of anilines is 1. The normalized spacial score (nSPS) is 16.7. The smallest absolute Gasteiger partial charge is 0.239 e. The zero-order valence-electron chi connectivity index (χ0n) is 12.8. The van der Waals surface area contributed by atoms with E-state index in [2.05, 4.69) is 20.1 Å². The highest BCUT2D eigenvalue weighted by Crippen LogP contribution is 2.39. The zero-order valence-corrected chi connectivity index (χ0v) is 12.8. The number of rotatable bonds is 3. The molecule has 0 saturated carbocycles. The minimum atomic E-state index is -2.40. The van der Waals surface area contributed by atoms with E-state index in [0.717, 1.165) is 11.1 Å². The second-order valence-electron chi connectivity index (χ2n) is 5.71. The average molecular weight is 330 g/mol. The molecule has 1 aliphatic heterocycles. The van der Waals surface area contributed by atoms with Crippen LogP contribution in [-0.4, -0.2) is 31.7 Å². The van der Waals surface area contributed by atoms with Gasteiger partial charge in [-0.15, -0.1) is 5.10 Å². The average Bonchev–Trinajstić information content (AvgIpc) is 3.08. The second kappa shape index (κ2) is 5.33. The van der Waals surface area contributed by atoms with Crippen LogP contribution in [0.5, 0.6) is 0 Å². The van der Waals surface area contributed by atoms with E-state index in [4.69, 9.17) is 5.73 Å². The Kier molecular flexibility index (Phi) is 3.26. The summed E-state index contributed by atoms with van der Waals surface area (Å²) < 4.78 is 27.3. The predicted octanol–water partition coefficient (Wildman–Crippen LogP) is 3.46. The molecule has 4 rings (SSSR count). The molecule has 0 aromatic carbocycles. The maximum Gasteiger partial charge on any atom is 0.239 e. The van der Waals surface area contributed by atoms with Gasteiger partial charge in [0.1, 0.15) is 0 Å². The molecule has 0 saturated heterocycles. The predicted molar refractivity (Wildman–Crippen MR) is 88.9 cm³/mol. The minimum absolute atomic E-state index is 0. The maximum atomic E-state index is 12.9. The van der Waals surface area contributed by atoms with Gasteiger partial charge in [-0.3, -0.25) is 4.99 Å². The van der Waals surface area contributed by atoms with Gasteiger partial charge in [0.2, 0.25) is 12.4 Å². The highest BCUT2D eigenvalue weighted by molar-refractivity contribution is 5.96. The van der Waals surface area contributed by atoms with E-state index in [1.165, 1.54) is 0 Å². The van der Waals surface area contributed by atoms with Crippen LogP contribution >= 0.6 is 0 Å². The van der Waals surface area contributed by atoms with Gasteiger partial charge in [0, 0.05) is 31.2 Å². The highest BCUT2D eigenvalue weighted by Gasteiger charge is 2.29. The van der Waals surface area contributed by atoms with Gasteiger partial charge in [-0.25, -0.2) is 23.3 Å². The molecule has 24 heavy (non-hydrogen) atoms. The minimum Gasteiger partial charge on any atom is -0.367 e. The van der Waals surface area contributed by atoms with Gasteiger partial charge in [0.15, 0.2) is 0 Å². The lowest BCUT2D eigenvalue weighted by molar-refractivity contribution is 0.135. The van der Waals surface area contributed by atoms with Crippen LogP contribution in [0.4, 0.5) is 20.4 Å². The summed E-state index contributed by atoms with van der Waals surface area (Å²) in [7, 11) is 0. The Bertz CT molecular complexity index is 968. The van der Waals surface area contributed by atoms with Gasteiger partial charge in [-0.1, -0.05) is 0 Å². The number of aliphatic imine (C=N–C) groups is 1. The summed E-state index contributed by atoms with van der Waals surface area (Å²) in [5, 5.41) is 4.09. The Morgan fingerprint density at radius 3 is 2.96 bits per heavy atom. The van der Waals surface area contributed by atoms with Crippen molar-refractivity contribution in [2.75, 3.05) is 5.73 Å². The van der Waals surface area contributed by atoms with Crippen LogP contribution in [0.3, 0.4) is 0 Å². The van der Waals surface area contributed by atoms with E-state index in [-0.39, 0.29) is 13.8 Å². The molecular weight excluding hydrogens is 314 g/mol. The van der Waals surface area contributed by atoms with Crippen LogP contribution in [0.15, 0.2) is 35.6 Å². The van der Waals surface area contributed by atoms with Gasteiger partial charge in [0.05, 0.1) is 28.8 Å². The molecule has 0 radical (unpaired) electrons. The molecule has 0 aliphatic carbocycles. The number of pyridine rings is 1. The summed E-state index contributed by atoms with van der Waals surface area (Å²) in [6.07, 6.45) is 0.707. The number of aromatic nitrogens is 4. The first kappa shape index (κ1) is 14.7. The van der Waals surface area contributed by atoms with E-state index in [0.29, 0.717) is 22.8 Å². The third-order valence-corrected chi connectivity index (χ3v) is 4.16. The van der Waals surface area contributed by atoms with Crippen molar-refractivity contribution >= 4 is 22.9 Å². The molecule has 3 aromatic rings. The summed E-state index contributed by atoms with van der Waals surface area (Å²) in [4.78, 5) is 13.0. The molecule has 1 atom stereocenters. The van der Waals surface area contributed by atoms with Crippen LogP contribution in [0.1, 0.15) is 26.4 Å². The van der Waals surface area contributed by atoms with E-state index in [1.807, 2.05) is 18.2 Å². The largest absolute Gasteiger partial charge is 0.367 e. The molecule has 1 aliphatic rings. The lowest BCUT2D eigenvalue weighted by Gasteiger charge is -2.11. The molecule has 124 valence electrons. The molecule has 0 amide bonds. The number of hydrogen-bond donors (Lipinski definition) is 1. The highest BCUT2D eigenvalue weighted by atomic mass is 19.3. The maximum absolute atomic E-state index is 12.9. The zero-order chi connectivity index (χ0) is 16.8. The first-order valence-electron chi connectivity index (χ1n) is 7.47. The lowest BCUT2D eigenvalue weighted by atomic mass is 9.97. The van der Waals surface area contributed by atoms with Gasteiger partial charge < -0.3 is 5.73 Å². The Balaban J connectivity index is 0.00000182. The summed E-state index contributed by atoms with van der Waals surface area (Å²) in [5.74, 6) is -0.270. The molecule has 0 bridgehead atoms. The Labute approximate surface area is 137 Å². The van der Waals surface area contributed by atoms with Crippen molar-refractivity contribution < 1.29 is 10.2 Å². The van der Waals surface area contributed by atoms with Crippen molar-refractivity contribution in [1.82, 2.24) is 19.6 Å². The van der Waals surface area contributed by atoms with E-state index >= 15 is 0 Å². The molecule has 8 heteroatoms. The summed E-state index contributed by atoms with van der Waals surface area (Å²) in [5.41, 5.74) is 9.75. The van der Waals surface area contributed by atoms with Gasteiger partial charge in [0.25, 0.3) is 0 Å². The molecule has 4 heterocycles. The van der Waals surface area contributed by atoms with Crippen molar-refractivity contribution in [3.8, 4) is 11.3 Å². The second-order valence-corrected chi connectivity index (χ2v) is 5.71. The number of nitrogen functional groups attached to an aromatic ring is 1. The molecule has 2 N–H and O–H groups in total. The van der Waals surface area contributed by atoms with Crippen molar-refractivity contribution in [3.05, 3.63) is 36.3 Å². The van der Waals surface area contributed by atoms with E-state index in [9.17, 15) is 8.78 Å². The van der Waals surface area contributed by atoms with Crippen LogP contribution in [0, 0.1) is 0 Å². The quantitative estimate of drug-likeness (QED) is 0.797. The van der Waals surface area contributed by atoms with Crippen molar-refractivity contribution in [3.63, 3.8) is 0 Å². The van der Waals surface area contributed by atoms with Crippen LogP contribution in [-0.2, 0) is 0 Å². The summed E-state index contributed by atoms with van der Waals surface area (Å²) in [6.45, 7) is 1.76. The van der Waals surface area contributed by atoms with E-state index in [1.54, 1.807) is 23.8 Å². The first-order valence-corrected chi connectivity index (χ1v) is 7.47. The number of hydrogen-bond acceptors (Lipinski definition) is 5. The lowest BCUT2D eigenvalue weighted by Crippen LogP contribution is -2.10. The summed E-state index contributed by atoms with van der Waals surface area (Å²) >= 11 is 0. The Hall–Kier alpha value is -2.90. The molecular formula is C16H16F2N6. The summed E-state index contributed by atoms with van der Waals surface area (Å²) in [6, 6.07) is 5.49. The topological polar surface area (TPSA) is 81.5 Å². The van der Waals surface area contributed by atoms with Crippen LogP contribution in [0.2, 0.25) is 0 Å². The molecule has 3 aromatic heterocycles. The van der Waals surface area contributed by atoms with E-state index < -0.39 is 12.3 Å². The molecule has 0 spiro atoms. The third kappa shape index (κ3) is 2.31. The standard InChI is InChI=1S/C16H14F2N6.H2/c1-8-10(6-14(17)18)15-12(21-8)3-2-11(22-15)9-4-5-24-13(9)7-20-16(19)23-24;/h2-5,7,10,14H,6H2,1H3,(H2,19,23);1H. The van der Waals surface area contributed by atoms with Crippen molar-refractivity contribution in [2.24, 2.45) is 4.99 Å². The number of halogens is 2. The third-order valence-electron chi connectivity index (χ3n) is 4.16. The van der Waals surface area contributed by atoms with Crippen molar-refractivity contribution in [2.45, 2.75) is 25.7 Å². The fraction of sp³-hybridized carbons (Fsp3) is 0.250. The Morgan fingerprint density at radius 1 is 1.33 bits per heavy atom. The Morgan fingerprint density at radius 2 is 2.17 bits per heavy atom. The first-order chi connectivity index (χ1) is 11.5. The molecule has 0 fully saturated rings. The number of alkyl halides is 2. The van der Waals surface area contributed by atoms with Crippen LogP contribution in [0.25, 0.3) is 16.8 Å². The number of fused-ring (bicyclic) bond motifs is 2. The monoisotopic (exact) mass is 330 g/mol. The fourth-order valence-corrected chi connectivity index (χ4v) is 3.02. The van der Waals surface area contributed by atoms with Crippen LogP contribution < -0.4 is 5.73 Å². The van der Waals surface area contributed by atoms with Gasteiger partial charge in [-0.2, -0.15) is 0 Å². The van der Waals surface area contributed by atoms with Crippen molar-refractivity contribution in [1.29, 1.82) is 0 Å². The number of nitrogens with two attached hydrogens (primary N) is 1. The fourth-order valence-electron chi connectivity index (χ4n) is 3.02. The SMILES string of the molecule is CC1=Nc2ccc(-c3ccn4nc(N)ncc34)nc2C1CC(F)F.[HH]. The van der Waals surface area contributed by atoms with Gasteiger partial charge >= 0.3 is 0 Å². The molecule has 6 nitrogen and oxygen atoms in total.